The highest BCUT2D eigenvalue weighted by molar-refractivity contribution is 14.0. The minimum atomic E-state index is 0. The molecule has 0 aliphatic carbocycles. The van der Waals surface area contributed by atoms with Crippen LogP contribution in [0.2, 0.25) is 0 Å². The first kappa shape index (κ1) is 19.2. The molecule has 1 saturated heterocycles. The van der Waals surface area contributed by atoms with Crippen LogP contribution in [0.15, 0.2) is 33.3 Å². The molecule has 0 atom stereocenters. The predicted octanol–water partition coefficient (Wildman–Crippen LogP) is 2.56. The van der Waals surface area contributed by atoms with Gasteiger partial charge in [0.1, 0.15) is 6.26 Å². The molecule has 0 radical (unpaired) electrons. The number of guanidine groups is 1. The van der Waals surface area contributed by atoms with Crippen LogP contribution in [-0.2, 0) is 13.1 Å². The maximum atomic E-state index is 4.89. The largest absolute Gasteiger partial charge is 0.364 e. The van der Waals surface area contributed by atoms with Crippen LogP contribution in [-0.4, -0.2) is 54.1 Å². The van der Waals surface area contributed by atoms with Crippen LogP contribution in [0.5, 0.6) is 0 Å². The van der Waals surface area contributed by atoms with Crippen LogP contribution in [0.25, 0.3) is 0 Å². The summed E-state index contributed by atoms with van der Waals surface area (Å²) in [5.41, 5.74) is 2.34. The molecule has 3 rings (SSSR count). The van der Waals surface area contributed by atoms with E-state index in [-0.39, 0.29) is 24.0 Å². The molecular weight excluding hydrogens is 437 g/mol. The number of halogens is 1. The lowest BCUT2D eigenvalue weighted by atomic mass is 10.3. The van der Waals surface area contributed by atoms with Gasteiger partial charge < -0.3 is 14.7 Å². The lowest BCUT2D eigenvalue weighted by Crippen LogP contribution is -2.52. The summed E-state index contributed by atoms with van der Waals surface area (Å²) in [5, 5.41) is 9.60. The molecule has 1 aliphatic rings. The average Bonchev–Trinajstić information content (AvgIpc) is 3.21. The third-order valence-electron chi connectivity index (χ3n) is 4.14. The number of piperazine rings is 1. The van der Waals surface area contributed by atoms with Gasteiger partial charge in [0.15, 0.2) is 5.96 Å². The fraction of sp³-hybridized carbons (Fsp3) is 0.500. The zero-order valence-corrected chi connectivity index (χ0v) is 17.2. The smallest absolute Gasteiger partial charge is 0.194 e. The summed E-state index contributed by atoms with van der Waals surface area (Å²) in [6.45, 7) is 7.80. The molecule has 0 unspecified atom stereocenters. The number of hydrogen-bond donors (Lipinski definition) is 1. The molecule has 0 bridgehead atoms. The second-order valence-electron chi connectivity index (χ2n) is 5.68. The molecule has 1 aliphatic heterocycles. The van der Waals surface area contributed by atoms with Crippen molar-refractivity contribution in [3.63, 3.8) is 0 Å². The average molecular weight is 461 g/mol. The molecule has 132 valence electrons. The molecule has 0 amide bonds. The second-order valence-corrected chi connectivity index (χ2v) is 6.68. The van der Waals surface area contributed by atoms with Gasteiger partial charge in [-0.1, -0.05) is 5.16 Å². The first-order chi connectivity index (χ1) is 11.3. The summed E-state index contributed by atoms with van der Waals surface area (Å²) >= 11 is 1.79. The Balaban J connectivity index is 0.00000208. The van der Waals surface area contributed by atoms with Crippen molar-refractivity contribution in [3.8, 4) is 0 Å². The van der Waals surface area contributed by atoms with E-state index >= 15 is 0 Å². The molecule has 24 heavy (non-hydrogen) atoms. The van der Waals surface area contributed by atoms with E-state index in [0.717, 1.165) is 50.9 Å². The van der Waals surface area contributed by atoms with E-state index in [0.29, 0.717) is 0 Å². The molecule has 0 saturated carbocycles. The topological polar surface area (TPSA) is 56.9 Å². The zero-order valence-electron chi connectivity index (χ0n) is 14.1. The predicted molar refractivity (Wildman–Crippen MR) is 108 cm³/mol. The molecule has 0 spiro atoms. The molecular formula is C16H24IN5OS. The minimum absolute atomic E-state index is 0. The first-order valence-corrected chi connectivity index (χ1v) is 8.74. The van der Waals surface area contributed by atoms with Gasteiger partial charge in [-0.25, -0.2) is 0 Å². The van der Waals surface area contributed by atoms with Crippen molar-refractivity contribution in [3.05, 3.63) is 39.9 Å². The van der Waals surface area contributed by atoms with Gasteiger partial charge in [0.2, 0.25) is 0 Å². The van der Waals surface area contributed by atoms with Crippen molar-refractivity contribution in [1.82, 2.24) is 20.3 Å². The summed E-state index contributed by atoms with van der Waals surface area (Å²) < 4.78 is 4.89. The van der Waals surface area contributed by atoms with Gasteiger partial charge in [-0.2, -0.15) is 0 Å². The quantitative estimate of drug-likeness (QED) is 0.431. The number of nitrogens with one attached hydrogen (secondary N) is 1. The number of hydrogen-bond acceptors (Lipinski definition) is 5. The Morgan fingerprint density at radius 2 is 2.12 bits per heavy atom. The van der Waals surface area contributed by atoms with Crippen molar-refractivity contribution in [2.75, 3.05) is 33.2 Å². The number of aryl methyl sites for hydroxylation is 1. The number of thiophene rings is 1. The van der Waals surface area contributed by atoms with E-state index in [1.807, 2.05) is 13.1 Å². The molecule has 1 N–H and O–H groups in total. The number of aromatic nitrogens is 1. The van der Waals surface area contributed by atoms with E-state index in [2.05, 4.69) is 43.6 Å². The summed E-state index contributed by atoms with van der Waals surface area (Å²) in [4.78, 5) is 10.5. The van der Waals surface area contributed by atoms with E-state index < -0.39 is 0 Å². The molecule has 1 fully saturated rings. The molecule has 3 heterocycles. The maximum absolute atomic E-state index is 4.89. The Kier molecular flexibility index (Phi) is 7.50. The summed E-state index contributed by atoms with van der Waals surface area (Å²) in [6.07, 6.45) is 1.63. The van der Waals surface area contributed by atoms with E-state index in [1.165, 1.54) is 10.4 Å². The summed E-state index contributed by atoms with van der Waals surface area (Å²) in [6, 6.07) is 4.09. The highest BCUT2D eigenvalue weighted by Crippen LogP contribution is 2.15. The number of rotatable bonds is 4. The van der Waals surface area contributed by atoms with Crippen LogP contribution < -0.4 is 5.32 Å². The van der Waals surface area contributed by atoms with Crippen LogP contribution in [0.1, 0.15) is 16.1 Å². The first-order valence-electron chi connectivity index (χ1n) is 7.86. The molecule has 2 aromatic rings. The SMILES string of the molecule is CN=C(NCc1sccc1C)N1CCN(Cc2ccon2)CC1.I. The molecule has 2 aromatic heterocycles. The standard InChI is InChI=1S/C16H23N5OS.HI/c1-13-4-10-23-15(13)11-18-16(17-2)21-7-5-20(6-8-21)12-14-3-9-22-19-14;/h3-4,9-10H,5-8,11-12H2,1-2H3,(H,17,18);1H. The number of aliphatic imine (C=N–C) groups is 1. The van der Waals surface area contributed by atoms with Gasteiger partial charge in [0, 0.05) is 50.7 Å². The Bertz CT molecular complexity index is 635. The second kappa shape index (κ2) is 9.38. The van der Waals surface area contributed by atoms with Gasteiger partial charge in [-0.05, 0) is 23.9 Å². The third kappa shape index (κ3) is 4.93. The van der Waals surface area contributed by atoms with Crippen molar-refractivity contribution in [2.24, 2.45) is 4.99 Å². The van der Waals surface area contributed by atoms with E-state index in [4.69, 9.17) is 4.52 Å². The minimum Gasteiger partial charge on any atom is -0.364 e. The van der Waals surface area contributed by atoms with Crippen molar-refractivity contribution in [2.45, 2.75) is 20.0 Å². The van der Waals surface area contributed by atoms with Crippen LogP contribution in [0.3, 0.4) is 0 Å². The Hall–Kier alpha value is -1.13. The Morgan fingerprint density at radius 1 is 1.33 bits per heavy atom. The van der Waals surface area contributed by atoms with Crippen LogP contribution in [0, 0.1) is 6.92 Å². The number of nitrogens with zero attached hydrogens (tertiary/aromatic N) is 4. The van der Waals surface area contributed by atoms with Gasteiger partial charge in [-0.3, -0.25) is 9.89 Å². The summed E-state index contributed by atoms with van der Waals surface area (Å²) in [7, 11) is 1.85. The van der Waals surface area contributed by atoms with Crippen molar-refractivity contribution < 1.29 is 4.52 Å². The lowest BCUT2D eigenvalue weighted by Gasteiger charge is -2.36. The lowest BCUT2D eigenvalue weighted by molar-refractivity contribution is 0.169. The Morgan fingerprint density at radius 3 is 2.71 bits per heavy atom. The van der Waals surface area contributed by atoms with Gasteiger partial charge >= 0.3 is 0 Å². The third-order valence-corrected chi connectivity index (χ3v) is 5.16. The van der Waals surface area contributed by atoms with Crippen LogP contribution in [0.4, 0.5) is 0 Å². The molecule has 0 aromatic carbocycles. The highest BCUT2D eigenvalue weighted by Gasteiger charge is 2.20. The summed E-state index contributed by atoms with van der Waals surface area (Å²) in [5.74, 6) is 0.985. The highest BCUT2D eigenvalue weighted by atomic mass is 127. The normalized spacial score (nSPS) is 16.1. The van der Waals surface area contributed by atoms with E-state index in [9.17, 15) is 0 Å². The van der Waals surface area contributed by atoms with Crippen molar-refractivity contribution in [1.29, 1.82) is 0 Å². The van der Waals surface area contributed by atoms with Crippen molar-refractivity contribution >= 4 is 41.3 Å². The zero-order chi connectivity index (χ0) is 16.1. The molecule has 6 nitrogen and oxygen atoms in total. The maximum Gasteiger partial charge on any atom is 0.194 e. The fourth-order valence-corrected chi connectivity index (χ4v) is 3.59. The van der Waals surface area contributed by atoms with Crippen LogP contribution >= 0.6 is 35.3 Å². The van der Waals surface area contributed by atoms with Gasteiger partial charge in [-0.15, -0.1) is 35.3 Å². The Labute approximate surface area is 163 Å². The fourth-order valence-electron chi connectivity index (χ4n) is 2.74. The van der Waals surface area contributed by atoms with Gasteiger partial charge in [0.05, 0.1) is 12.2 Å². The van der Waals surface area contributed by atoms with Gasteiger partial charge in [0.25, 0.3) is 0 Å². The van der Waals surface area contributed by atoms with E-state index in [1.54, 1.807) is 17.6 Å². The molecule has 8 heteroatoms. The monoisotopic (exact) mass is 461 g/mol.